The Bertz CT molecular complexity index is 1470. The van der Waals surface area contributed by atoms with E-state index in [1.807, 2.05) is 12.1 Å². The molecule has 0 bridgehead atoms. The molecule has 0 radical (unpaired) electrons. The van der Waals surface area contributed by atoms with Crippen molar-refractivity contribution in [3.63, 3.8) is 0 Å². The molecule has 2 heterocycles. The summed E-state index contributed by atoms with van der Waals surface area (Å²) in [6, 6.07) is 12.3. The molecule has 1 N–H and O–H groups in total. The molecule has 1 fully saturated rings. The zero-order chi connectivity index (χ0) is 29.3. The van der Waals surface area contributed by atoms with E-state index in [1.54, 1.807) is 47.9 Å². The molecule has 1 aliphatic carbocycles. The van der Waals surface area contributed by atoms with Crippen molar-refractivity contribution in [3.8, 4) is 0 Å². The number of aliphatic imine (C=N–C) groups is 1. The summed E-state index contributed by atoms with van der Waals surface area (Å²) in [4.78, 5) is 35.5. The molecule has 0 saturated carbocycles. The number of thiophene rings is 1. The van der Waals surface area contributed by atoms with Crippen molar-refractivity contribution in [2.75, 3.05) is 43.4 Å². The maximum atomic E-state index is 13.6. The van der Waals surface area contributed by atoms with Crippen molar-refractivity contribution in [1.29, 1.82) is 0 Å². The summed E-state index contributed by atoms with van der Waals surface area (Å²) >= 11 is 7.58. The molecule has 2 aromatic carbocycles. The van der Waals surface area contributed by atoms with Crippen molar-refractivity contribution in [2.24, 2.45) is 16.3 Å². The SMILES string of the molecule is CN1CCN(c2ccc(C=Nc3sc4c(c3C(=O)Nc3ccc(Cl)cc3)CC[C@H](C(C)(C)C)C4)cc2[N+](=O)[O-])CC1. The first-order valence-electron chi connectivity index (χ1n) is 14.0. The van der Waals surface area contributed by atoms with Gasteiger partial charge in [0.2, 0.25) is 0 Å². The number of piperazine rings is 1. The van der Waals surface area contributed by atoms with Crippen LogP contribution in [0.3, 0.4) is 0 Å². The maximum Gasteiger partial charge on any atom is 0.293 e. The summed E-state index contributed by atoms with van der Waals surface area (Å²) in [7, 11) is 2.06. The van der Waals surface area contributed by atoms with E-state index < -0.39 is 0 Å². The highest BCUT2D eigenvalue weighted by Gasteiger charge is 2.34. The number of nitro benzene ring substituents is 1. The molecule has 1 atom stereocenters. The Morgan fingerprint density at radius 1 is 1.15 bits per heavy atom. The van der Waals surface area contributed by atoms with E-state index in [9.17, 15) is 14.9 Å². The molecule has 1 aliphatic heterocycles. The maximum absolute atomic E-state index is 13.6. The molecule has 216 valence electrons. The fraction of sp³-hybridized carbons (Fsp3) is 0.419. The van der Waals surface area contributed by atoms with Crippen LogP contribution in [0.2, 0.25) is 5.02 Å². The second kappa shape index (κ2) is 11.9. The Morgan fingerprint density at radius 3 is 2.51 bits per heavy atom. The Labute approximate surface area is 250 Å². The third-order valence-corrected chi connectivity index (χ3v) is 9.59. The van der Waals surface area contributed by atoms with E-state index in [2.05, 4.69) is 42.9 Å². The Balaban J connectivity index is 1.47. The van der Waals surface area contributed by atoms with Crippen LogP contribution in [0.25, 0.3) is 0 Å². The van der Waals surface area contributed by atoms with Crippen LogP contribution in [0.5, 0.6) is 0 Å². The lowest BCUT2D eigenvalue weighted by molar-refractivity contribution is -0.384. The number of nitro groups is 1. The van der Waals surface area contributed by atoms with Crippen molar-refractivity contribution < 1.29 is 9.72 Å². The van der Waals surface area contributed by atoms with Crippen LogP contribution in [-0.4, -0.2) is 55.2 Å². The molecule has 5 rings (SSSR count). The summed E-state index contributed by atoms with van der Waals surface area (Å²) in [5, 5.41) is 16.2. The number of halogens is 1. The first kappa shape index (κ1) is 29.2. The number of likely N-dealkylation sites (N-methyl/N-ethyl adjacent to an activating group) is 1. The quantitative estimate of drug-likeness (QED) is 0.185. The van der Waals surface area contributed by atoms with Crippen LogP contribution in [0, 0.1) is 21.4 Å². The third-order valence-electron chi connectivity index (χ3n) is 8.17. The van der Waals surface area contributed by atoms with Crippen molar-refractivity contribution in [2.45, 2.75) is 40.0 Å². The minimum atomic E-state index is -0.327. The molecule has 8 nitrogen and oxygen atoms in total. The van der Waals surface area contributed by atoms with Gasteiger partial charge in [0.25, 0.3) is 11.6 Å². The lowest BCUT2D eigenvalue weighted by Gasteiger charge is -2.33. The van der Waals surface area contributed by atoms with Gasteiger partial charge in [0, 0.05) is 54.0 Å². The van der Waals surface area contributed by atoms with Gasteiger partial charge < -0.3 is 15.1 Å². The van der Waals surface area contributed by atoms with Crippen LogP contribution in [-0.2, 0) is 12.8 Å². The van der Waals surface area contributed by atoms with E-state index >= 15 is 0 Å². The molecular formula is C31H36ClN5O3S. The van der Waals surface area contributed by atoms with Crippen molar-refractivity contribution >= 4 is 57.1 Å². The first-order chi connectivity index (χ1) is 19.5. The smallest absolute Gasteiger partial charge is 0.293 e. The van der Waals surface area contributed by atoms with Gasteiger partial charge in [-0.25, -0.2) is 4.99 Å². The summed E-state index contributed by atoms with van der Waals surface area (Å²) in [5.41, 5.74) is 3.80. The minimum absolute atomic E-state index is 0.0673. The molecule has 0 spiro atoms. The van der Waals surface area contributed by atoms with Gasteiger partial charge in [-0.1, -0.05) is 38.4 Å². The van der Waals surface area contributed by atoms with Gasteiger partial charge in [-0.15, -0.1) is 11.3 Å². The fourth-order valence-corrected chi connectivity index (χ4v) is 6.97. The molecule has 1 saturated heterocycles. The Morgan fingerprint density at radius 2 is 1.85 bits per heavy atom. The fourth-order valence-electron chi connectivity index (χ4n) is 5.58. The predicted molar refractivity (Wildman–Crippen MR) is 169 cm³/mol. The van der Waals surface area contributed by atoms with E-state index in [1.165, 1.54) is 4.88 Å². The summed E-state index contributed by atoms with van der Waals surface area (Å²) in [5.74, 6) is 0.310. The largest absolute Gasteiger partial charge is 0.363 e. The topological polar surface area (TPSA) is 91.1 Å². The number of nitrogens with zero attached hydrogens (tertiary/aromatic N) is 4. The van der Waals surface area contributed by atoms with E-state index in [0.717, 1.165) is 51.0 Å². The van der Waals surface area contributed by atoms with Gasteiger partial charge in [-0.05, 0) is 79.1 Å². The van der Waals surface area contributed by atoms with Gasteiger partial charge in [0.15, 0.2) is 0 Å². The Kier molecular flexibility index (Phi) is 8.50. The van der Waals surface area contributed by atoms with Crippen LogP contribution >= 0.6 is 22.9 Å². The number of amides is 1. The lowest BCUT2D eigenvalue weighted by Crippen LogP contribution is -2.44. The number of anilines is 2. The summed E-state index contributed by atoms with van der Waals surface area (Å²) in [6.45, 7) is 10.0. The highest BCUT2D eigenvalue weighted by atomic mass is 35.5. The van der Waals surface area contributed by atoms with Crippen molar-refractivity contribution in [3.05, 3.63) is 79.2 Å². The minimum Gasteiger partial charge on any atom is -0.363 e. The zero-order valence-corrected chi connectivity index (χ0v) is 25.5. The molecule has 3 aromatic rings. The van der Waals surface area contributed by atoms with Gasteiger partial charge >= 0.3 is 0 Å². The molecular weight excluding hydrogens is 558 g/mol. The van der Waals surface area contributed by atoms with Gasteiger partial charge in [0.05, 0.1) is 10.5 Å². The summed E-state index contributed by atoms with van der Waals surface area (Å²) < 4.78 is 0. The normalized spacial score (nSPS) is 18.0. The number of carbonyl (C=O) groups is 1. The molecule has 1 aromatic heterocycles. The molecule has 2 aliphatic rings. The van der Waals surface area contributed by atoms with E-state index in [0.29, 0.717) is 38.4 Å². The average Bonchev–Trinajstić information content (AvgIpc) is 3.31. The molecule has 1 amide bonds. The molecule has 0 unspecified atom stereocenters. The Hall–Kier alpha value is -3.27. The second-order valence-corrected chi connectivity index (χ2v) is 13.5. The zero-order valence-electron chi connectivity index (χ0n) is 23.9. The van der Waals surface area contributed by atoms with Crippen LogP contribution in [0.15, 0.2) is 47.5 Å². The van der Waals surface area contributed by atoms with Crippen LogP contribution in [0.1, 0.15) is 53.6 Å². The highest BCUT2D eigenvalue weighted by molar-refractivity contribution is 7.16. The number of fused-ring (bicyclic) bond motifs is 1. The van der Waals surface area contributed by atoms with E-state index in [4.69, 9.17) is 16.6 Å². The van der Waals surface area contributed by atoms with Crippen molar-refractivity contribution in [1.82, 2.24) is 4.90 Å². The monoisotopic (exact) mass is 593 g/mol. The van der Waals surface area contributed by atoms with Gasteiger partial charge in [0.1, 0.15) is 10.7 Å². The van der Waals surface area contributed by atoms with Crippen LogP contribution < -0.4 is 10.2 Å². The first-order valence-corrected chi connectivity index (χ1v) is 15.2. The number of rotatable bonds is 6. The van der Waals surface area contributed by atoms with E-state index in [-0.39, 0.29) is 21.9 Å². The summed E-state index contributed by atoms with van der Waals surface area (Å²) in [6.07, 6.45) is 4.37. The number of nitrogens with one attached hydrogen (secondary N) is 1. The second-order valence-electron chi connectivity index (χ2n) is 12.0. The number of benzene rings is 2. The molecule has 41 heavy (non-hydrogen) atoms. The van der Waals surface area contributed by atoms with Gasteiger partial charge in [-0.2, -0.15) is 0 Å². The lowest BCUT2D eigenvalue weighted by atomic mass is 9.72. The number of hydrogen-bond donors (Lipinski definition) is 1. The third kappa shape index (κ3) is 6.63. The molecule has 10 heteroatoms. The van der Waals surface area contributed by atoms with Gasteiger partial charge in [-0.3, -0.25) is 14.9 Å². The number of hydrogen-bond acceptors (Lipinski definition) is 7. The van der Waals surface area contributed by atoms with Crippen LogP contribution in [0.4, 0.5) is 22.1 Å². The standard InChI is InChI=1S/C31H36ClN5O3S/c1-31(2,3)21-6-11-24-27(18-21)41-30(28(24)29(38)34-23-9-7-22(32)8-10-23)33-19-20-5-12-25(26(17-20)37(39)40)36-15-13-35(4)14-16-36/h5,7-10,12,17,19,21H,6,11,13-16,18H2,1-4H3,(H,34,38)/t21-/m0/s1. The average molecular weight is 594 g/mol. The number of carbonyl (C=O) groups excluding carboxylic acids is 1. The predicted octanol–water partition coefficient (Wildman–Crippen LogP) is 7.22. The highest BCUT2D eigenvalue weighted by Crippen LogP contribution is 2.45.